The van der Waals surface area contributed by atoms with E-state index >= 15 is 0 Å². The highest BCUT2D eigenvalue weighted by Crippen LogP contribution is 2.32. The number of nitrogens with zero attached hydrogens (tertiary/aromatic N) is 1. The summed E-state index contributed by atoms with van der Waals surface area (Å²) in [7, 11) is 0. The van der Waals surface area contributed by atoms with E-state index in [-0.39, 0.29) is 0 Å². The van der Waals surface area contributed by atoms with Gasteiger partial charge in [-0.3, -0.25) is 0 Å². The fourth-order valence-electron chi connectivity index (χ4n) is 3.96. The zero-order valence-corrected chi connectivity index (χ0v) is 15.8. The lowest BCUT2D eigenvalue weighted by atomic mass is 10.00. The average Bonchev–Trinajstić information content (AvgIpc) is 3.13. The molecule has 0 unspecified atom stereocenters. The Bertz CT molecular complexity index is 1370. The van der Waals surface area contributed by atoms with Gasteiger partial charge < -0.3 is 4.57 Å². The molecule has 4 aromatic carbocycles. The molecule has 0 amide bonds. The van der Waals surface area contributed by atoms with Gasteiger partial charge in [-0.05, 0) is 53.6 Å². The van der Waals surface area contributed by atoms with Gasteiger partial charge in [0.1, 0.15) is 0 Å². The van der Waals surface area contributed by atoms with E-state index in [0.29, 0.717) is 0 Å². The summed E-state index contributed by atoms with van der Waals surface area (Å²) in [6.45, 7) is 0. The summed E-state index contributed by atoms with van der Waals surface area (Å²) in [6, 6.07) is 31.4. The van der Waals surface area contributed by atoms with Gasteiger partial charge in [-0.2, -0.15) is 0 Å². The van der Waals surface area contributed by atoms with E-state index in [1.807, 2.05) is 18.2 Å². The smallest absolute Gasteiger partial charge is 0.0541 e. The molecule has 1 nitrogen and oxygen atoms in total. The Labute approximate surface area is 170 Å². The highest BCUT2D eigenvalue weighted by atomic mass is 15.0. The molecule has 5 aromatic rings. The van der Waals surface area contributed by atoms with Crippen molar-refractivity contribution in [3.05, 3.63) is 102 Å². The van der Waals surface area contributed by atoms with Crippen LogP contribution in [-0.2, 0) is 0 Å². The van der Waals surface area contributed by atoms with Gasteiger partial charge in [0.25, 0.3) is 0 Å². The van der Waals surface area contributed by atoms with Crippen molar-refractivity contribution in [1.29, 1.82) is 0 Å². The Morgan fingerprint density at radius 1 is 0.552 bits per heavy atom. The third-order valence-corrected chi connectivity index (χ3v) is 5.31. The fourth-order valence-corrected chi connectivity index (χ4v) is 3.96. The third-order valence-electron chi connectivity index (χ3n) is 5.31. The largest absolute Gasteiger partial charge is 0.309 e. The van der Waals surface area contributed by atoms with Crippen molar-refractivity contribution in [1.82, 2.24) is 4.57 Å². The maximum absolute atomic E-state index is 5.59. The first-order chi connectivity index (χ1) is 14.3. The molecule has 29 heavy (non-hydrogen) atoms. The molecule has 134 valence electrons. The van der Waals surface area contributed by atoms with Crippen LogP contribution in [0.5, 0.6) is 0 Å². The Kier molecular flexibility index (Phi) is 3.94. The van der Waals surface area contributed by atoms with Crippen LogP contribution in [0.3, 0.4) is 0 Å². The Morgan fingerprint density at radius 3 is 1.59 bits per heavy atom. The van der Waals surface area contributed by atoms with Crippen LogP contribution in [0.2, 0.25) is 0 Å². The van der Waals surface area contributed by atoms with Gasteiger partial charge in [0, 0.05) is 27.6 Å². The fraction of sp³-hybridized carbons (Fsp3) is 0. The van der Waals surface area contributed by atoms with Crippen molar-refractivity contribution < 1.29 is 0 Å². The van der Waals surface area contributed by atoms with Crippen LogP contribution in [0.15, 0.2) is 91.0 Å². The highest BCUT2D eigenvalue weighted by molar-refractivity contribution is 6.09. The van der Waals surface area contributed by atoms with Crippen LogP contribution in [0.1, 0.15) is 11.1 Å². The molecule has 1 aromatic heterocycles. The van der Waals surface area contributed by atoms with Crippen molar-refractivity contribution in [2.75, 3.05) is 0 Å². The monoisotopic (exact) mass is 367 g/mol. The topological polar surface area (TPSA) is 4.93 Å². The third kappa shape index (κ3) is 2.78. The predicted molar refractivity (Wildman–Crippen MR) is 122 cm³/mol. The molecule has 0 radical (unpaired) electrons. The van der Waals surface area contributed by atoms with Crippen LogP contribution in [0, 0.1) is 24.7 Å². The molecule has 0 atom stereocenters. The number of hydrogen-bond donors (Lipinski definition) is 0. The second-order valence-corrected chi connectivity index (χ2v) is 7.00. The minimum atomic E-state index is 0.793. The summed E-state index contributed by atoms with van der Waals surface area (Å²) in [4.78, 5) is 0. The standard InChI is InChI=1S/C28H17N/c1-3-20-17-21(4-2)19-23(18-20)22-13-15-24(16-14-22)29-27-11-7-5-9-25(27)26-10-6-8-12-28(26)29/h1-2,5-19H. The average molecular weight is 367 g/mol. The van der Waals surface area contributed by atoms with E-state index < -0.39 is 0 Å². The first kappa shape index (κ1) is 16.9. The normalized spacial score (nSPS) is 10.7. The Hall–Kier alpha value is -4.20. The van der Waals surface area contributed by atoms with Crippen molar-refractivity contribution in [2.45, 2.75) is 0 Å². The van der Waals surface area contributed by atoms with Gasteiger partial charge >= 0.3 is 0 Å². The number of rotatable bonds is 2. The van der Waals surface area contributed by atoms with Gasteiger partial charge in [0.15, 0.2) is 0 Å². The minimum absolute atomic E-state index is 0.793. The molecule has 1 heteroatoms. The van der Waals surface area contributed by atoms with E-state index in [2.05, 4.69) is 89.2 Å². The van der Waals surface area contributed by atoms with E-state index in [1.54, 1.807) is 0 Å². The van der Waals surface area contributed by atoms with Crippen molar-refractivity contribution >= 4 is 21.8 Å². The molecular formula is C28H17N. The molecule has 0 saturated heterocycles. The van der Waals surface area contributed by atoms with E-state index in [0.717, 1.165) is 27.9 Å². The van der Waals surface area contributed by atoms with Crippen molar-refractivity contribution in [3.8, 4) is 41.5 Å². The van der Waals surface area contributed by atoms with Gasteiger partial charge in [-0.1, -0.05) is 60.4 Å². The quantitative estimate of drug-likeness (QED) is 0.318. The number of hydrogen-bond acceptors (Lipinski definition) is 0. The lowest BCUT2D eigenvalue weighted by Gasteiger charge is -2.10. The van der Waals surface area contributed by atoms with Gasteiger partial charge in [0.05, 0.1) is 11.0 Å². The van der Waals surface area contributed by atoms with Gasteiger partial charge in [0.2, 0.25) is 0 Å². The molecule has 0 aliphatic rings. The molecule has 0 spiro atoms. The maximum atomic E-state index is 5.59. The van der Waals surface area contributed by atoms with Crippen molar-refractivity contribution in [2.24, 2.45) is 0 Å². The summed E-state index contributed by atoms with van der Waals surface area (Å²) < 4.78 is 2.30. The number of terminal acetylenes is 2. The first-order valence-corrected chi connectivity index (χ1v) is 9.46. The molecule has 1 heterocycles. The molecule has 0 fully saturated rings. The number of fused-ring (bicyclic) bond motifs is 3. The zero-order valence-electron chi connectivity index (χ0n) is 15.8. The lowest BCUT2D eigenvalue weighted by molar-refractivity contribution is 1.18. The lowest BCUT2D eigenvalue weighted by Crippen LogP contribution is -1.93. The molecular weight excluding hydrogens is 350 g/mol. The maximum Gasteiger partial charge on any atom is 0.0541 e. The summed E-state index contributed by atoms with van der Waals surface area (Å²) in [5.41, 5.74) is 7.22. The first-order valence-electron chi connectivity index (χ1n) is 9.46. The van der Waals surface area contributed by atoms with Crippen LogP contribution in [-0.4, -0.2) is 4.57 Å². The van der Waals surface area contributed by atoms with E-state index in [4.69, 9.17) is 12.8 Å². The highest BCUT2D eigenvalue weighted by Gasteiger charge is 2.11. The number of para-hydroxylation sites is 2. The second kappa shape index (κ2) is 6.75. The van der Waals surface area contributed by atoms with Gasteiger partial charge in [-0.25, -0.2) is 0 Å². The summed E-state index contributed by atoms with van der Waals surface area (Å²) in [5, 5.41) is 2.51. The Morgan fingerprint density at radius 2 is 1.07 bits per heavy atom. The molecule has 0 N–H and O–H groups in total. The SMILES string of the molecule is C#Cc1cc(C#C)cc(-c2ccc(-n3c4ccccc4c4ccccc43)cc2)c1. The molecule has 0 saturated carbocycles. The summed E-state index contributed by atoms with van der Waals surface area (Å²) in [6.07, 6.45) is 11.2. The summed E-state index contributed by atoms with van der Waals surface area (Å²) >= 11 is 0. The van der Waals surface area contributed by atoms with Crippen LogP contribution in [0.4, 0.5) is 0 Å². The van der Waals surface area contributed by atoms with E-state index in [1.165, 1.54) is 21.8 Å². The van der Waals surface area contributed by atoms with Crippen LogP contribution >= 0.6 is 0 Å². The molecule has 0 aliphatic heterocycles. The number of benzene rings is 4. The van der Waals surface area contributed by atoms with Crippen LogP contribution < -0.4 is 0 Å². The second-order valence-electron chi connectivity index (χ2n) is 7.00. The van der Waals surface area contributed by atoms with Gasteiger partial charge in [-0.15, -0.1) is 12.8 Å². The minimum Gasteiger partial charge on any atom is -0.309 e. The molecule has 0 aliphatic carbocycles. The predicted octanol–water partition coefficient (Wildman–Crippen LogP) is 6.41. The summed E-state index contributed by atoms with van der Waals surface area (Å²) in [5.74, 6) is 5.37. The van der Waals surface area contributed by atoms with E-state index in [9.17, 15) is 0 Å². The number of aromatic nitrogens is 1. The Balaban J connectivity index is 1.67. The zero-order chi connectivity index (χ0) is 19.8. The molecule has 5 rings (SSSR count). The van der Waals surface area contributed by atoms with Crippen LogP contribution in [0.25, 0.3) is 38.6 Å². The van der Waals surface area contributed by atoms with Crippen molar-refractivity contribution in [3.63, 3.8) is 0 Å². The molecule has 0 bridgehead atoms.